The Bertz CT molecular complexity index is 1090. The minimum absolute atomic E-state index is 0.167. The van der Waals surface area contributed by atoms with Crippen LogP contribution in [-0.4, -0.2) is 33.7 Å². The van der Waals surface area contributed by atoms with Gasteiger partial charge in [0.25, 0.3) is 0 Å². The molecule has 1 aliphatic carbocycles. The molecule has 1 N–H and O–H groups in total. The van der Waals surface area contributed by atoms with Crippen molar-refractivity contribution >= 4 is 50.9 Å². The van der Waals surface area contributed by atoms with Crippen molar-refractivity contribution in [1.29, 1.82) is 0 Å². The zero-order valence-electron chi connectivity index (χ0n) is 16.9. The summed E-state index contributed by atoms with van der Waals surface area (Å²) < 4.78 is 5.45. The van der Waals surface area contributed by atoms with E-state index in [1.807, 2.05) is 38.1 Å². The Morgan fingerprint density at radius 3 is 2.83 bits per heavy atom. The Labute approximate surface area is 183 Å². The third-order valence-electron chi connectivity index (χ3n) is 4.82. The largest absolute Gasteiger partial charge is 0.459 e. The summed E-state index contributed by atoms with van der Waals surface area (Å²) in [7, 11) is 0. The fourth-order valence-electron chi connectivity index (χ4n) is 3.53. The molecular formula is C22H23N3O3S2. The van der Waals surface area contributed by atoms with E-state index >= 15 is 0 Å². The number of ether oxygens (including phenoxy) is 1. The van der Waals surface area contributed by atoms with Crippen LogP contribution in [0.1, 0.15) is 47.5 Å². The topological polar surface area (TPSA) is 81.2 Å². The number of thiophene rings is 1. The molecule has 0 atom stereocenters. The normalized spacial score (nSPS) is 13.3. The molecule has 2 heterocycles. The number of anilines is 1. The number of hydrogen-bond donors (Lipinski definition) is 1. The van der Waals surface area contributed by atoms with Gasteiger partial charge in [-0.25, -0.2) is 14.8 Å². The Balaban J connectivity index is 1.51. The zero-order chi connectivity index (χ0) is 21.1. The lowest BCUT2D eigenvalue weighted by Crippen LogP contribution is -2.18. The number of thioether (sulfide) groups is 1. The quantitative estimate of drug-likeness (QED) is 0.334. The first-order valence-corrected chi connectivity index (χ1v) is 11.8. The minimum atomic E-state index is -0.353. The molecule has 8 heteroatoms. The maximum Gasteiger partial charge on any atom is 0.341 e. The highest BCUT2D eigenvalue weighted by Crippen LogP contribution is 2.39. The fraction of sp³-hybridized carbons (Fsp3) is 0.364. The van der Waals surface area contributed by atoms with E-state index < -0.39 is 0 Å². The lowest BCUT2D eigenvalue weighted by Gasteiger charge is -2.14. The average molecular weight is 442 g/mol. The number of para-hydroxylation sites is 1. The van der Waals surface area contributed by atoms with Crippen LogP contribution < -0.4 is 5.32 Å². The van der Waals surface area contributed by atoms with Crippen LogP contribution in [0.2, 0.25) is 0 Å². The third-order valence-corrected chi connectivity index (χ3v) is 7.03. The first-order valence-electron chi connectivity index (χ1n) is 10.0. The molecule has 0 unspecified atom stereocenters. The van der Waals surface area contributed by atoms with Crippen LogP contribution in [0.5, 0.6) is 0 Å². The van der Waals surface area contributed by atoms with Gasteiger partial charge in [-0.3, -0.25) is 4.79 Å². The molecule has 30 heavy (non-hydrogen) atoms. The van der Waals surface area contributed by atoms with E-state index in [0.717, 1.165) is 47.2 Å². The first-order chi connectivity index (χ1) is 14.5. The number of nitrogens with one attached hydrogen (secondary N) is 1. The highest BCUT2D eigenvalue weighted by molar-refractivity contribution is 8.00. The van der Waals surface area contributed by atoms with E-state index in [-0.39, 0.29) is 23.7 Å². The molecule has 0 saturated heterocycles. The summed E-state index contributed by atoms with van der Waals surface area (Å²) in [5, 5.41) is 5.24. The van der Waals surface area contributed by atoms with Gasteiger partial charge in [0.15, 0.2) is 0 Å². The Hall–Kier alpha value is -2.45. The van der Waals surface area contributed by atoms with Gasteiger partial charge in [0.05, 0.1) is 22.9 Å². The number of aryl methyl sites for hydroxylation is 1. The summed E-state index contributed by atoms with van der Waals surface area (Å²) in [5.41, 5.74) is 2.43. The molecule has 156 valence electrons. The Kier molecular flexibility index (Phi) is 6.34. The second kappa shape index (κ2) is 9.14. The van der Waals surface area contributed by atoms with Gasteiger partial charge in [-0.1, -0.05) is 30.0 Å². The number of benzene rings is 1. The molecule has 0 saturated carbocycles. The number of amides is 1. The van der Waals surface area contributed by atoms with Crippen LogP contribution >= 0.6 is 23.1 Å². The molecule has 0 aliphatic heterocycles. The maximum atomic E-state index is 12.7. The molecule has 1 aromatic carbocycles. The Morgan fingerprint density at radius 2 is 2.00 bits per heavy atom. The van der Waals surface area contributed by atoms with Gasteiger partial charge in [-0.15, -0.1) is 11.3 Å². The minimum Gasteiger partial charge on any atom is -0.459 e. The second-order valence-corrected chi connectivity index (χ2v) is 9.47. The smallest absolute Gasteiger partial charge is 0.341 e. The van der Waals surface area contributed by atoms with E-state index in [4.69, 9.17) is 4.74 Å². The average Bonchev–Trinajstić information content (AvgIpc) is 3.09. The molecule has 1 amide bonds. The molecule has 0 spiro atoms. The van der Waals surface area contributed by atoms with Crippen molar-refractivity contribution in [2.24, 2.45) is 0 Å². The van der Waals surface area contributed by atoms with E-state index in [2.05, 4.69) is 15.3 Å². The molecule has 2 aromatic heterocycles. The number of carbonyl (C=O) groups excluding carboxylic acids is 2. The summed E-state index contributed by atoms with van der Waals surface area (Å²) in [4.78, 5) is 35.2. The molecule has 0 fully saturated rings. The van der Waals surface area contributed by atoms with Gasteiger partial charge in [0.1, 0.15) is 16.4 Å². The van der Waals surface area contributed by atoms with E-state index in [0.29, 0.717) is 10.6 Å². The van der Waals surface area contributed by atoms with Gasteiger partial charge in [-0.2, -0.15) is 0 Å². The fourth-order valence-corrected chi connectivity index (χ4v) is 5.62. The van der Waals surface area contributed by atoms with Gasteiger partial charge in [0.2, 0.25) is 5.91 Å². The molecular weight excluding hydrogens is 418 g/mol. The van der Waals surface area contributed by atoms with E-state index in [1.54, 1.807) is 0 Å². The van der Waals surface area contributed by atoms with E-state index in [9.17, 15) is 9.59 Å². The number of aromatic nitrogens is 2. The summed E-state index contributed by atoms with van der Waals surface area (Å²) in [5.74, 6) is -0.323. The third kappa shape index (κ3) is 4.49. The van der Waals surface area contributed by atoms with Crippen molar-refractivity contribution < 1.29 is 14.3 Å². The predicted molar refractivity (Wildman–Crippen MR) is 120 cm³/mol. The number of rotatable bonds is 6. The maximum absolute atomic E-state index is 12.7. The molecule has 3 aromatic rings. The van der Waals surface area contributed by atoms with Gasteiger partial charge in [0, 0.05) is 10.3 Å². The monoisotopic (exact) mass is 441 g/mol. The van der Waals surface area contributed by atoms with Crippen molar-refractivity contribution in [2.75, 3.05) is 11.1 Å². The van der Waals surface area contributed by atoms with Crippen molar-refractivity contribution in [1.82, 2.24) is 9.97 Å². The standard InChI is InChI=1S/C22H23N3O3S2/c1-13(2)28-22(27)19-15-8-4-6-10-17(15)30-21(19)25-18(26)11-29-20-14-7-3-5-9-16(14)23-12-24-20/h3,5,7,9,12-13H,4,6,8,10-11H2,1-2H3,(H,25,26). The van der Waals surface area contributed by atoms with Crippen molar-refractivity contribution in [3.8, 4) is 0 Å². The Morgan fingerprint density at radius 1 is 1.20 bits per heavy atom. The zero-order valence-corrected chi connectivity index (χ0v) is 18.6. The van der Waals surface area contributed by atoms with Crippen molar-refractivity contribution in [3.05, 3.63) is 46.6 Å². The van der Waals surface area contributed by atoms with Crippen LogP contribution in [0.25, 0.3) is 10.9 Å². The van der Waals surface area contributed by atoms with Crippen molar-refractivity contribution in [3.63, 3.8) is 0 Å². The van der Waals surface area contributed by atoms with E-state index in [1.165, 1.54) is 34.3 Å². The van der Waals surface area contributed by atoms with Crippen LogP contribution in [0.3, 0.4) is 0 Å². The molecule has 1 aliphatic rings. The summed E-state index contributed by atoms with van der Waals surface area (Å²) in [6.45, 7) is 3.66. The number of carbonyl (C=O) groups is 2. The highest BCUT2D eigenvalue weighted by atomic mass is 32.2. The van der Waals surface area contributed by atoms with Gasteiger partial charge >= 0.3 is 5.97 Å². The highest BCUT2D eigenvalue weighted by Gasteiger charge is 2.27. The van der Waals surface area contributed by atoms with Crippen molar-refractivity contribution in [2.45, 2.75) is 50.7 Å². The molecule has 6 nitrogen and oxygen atoms in total. The number of esters is 1. The summed E-state index contributed by atoms with van der Waals surface area (Å²) in [6.07, 6.45) is 5.26. The van der Waals surface area contributed by atoms with Crippen LogP contribution in [0, 0.1) is 0 Å². The number of fused-ring (bicyclic) bond motifs is 2. The van der Waals surface area contributed by atoms with Crippen LogP contribution in [-0.2, 0) is 22.4 Å². The van der Waals surface area contributed by atoms with Gasteiger partial charge < -0.3 is 10.1 Å². The lowest BCUT2D eigenvalue weighted by atomic mass is 9.95. The molecule has 0 radical (unpaired) electrons. The van der Waals surface area contributed by atoms with Crippen LogP contribution in [0.15, 0.2) is 35.6 Å². The van der Waals surface area contributed by atoms with Gasteiger partial charge in [-0.05, 0) is 51.2 Å². The predicted octanol–water partition coefficient (Wildman–Crippen LogP) is 4.87. The number of hydrogen-bond acceptors (Lipinski definition) is 7. The second-order valence-electron chi connectivity index (χ2n) is 7.40. The molecule has 0 bridgehead atoms. The number of nitrogens with zero attached hydrogens (tertiary/aromatic N) is 2. The SMILES string of the molecule is CC(C)OC(=O)c1c(NC(=O)CSc2ncnc3ccccc23)sc2c1CCCC2. The first kappa shape index (κ1) is 20.8. The summed E-state index contributed by atoms with van der Waals surface area (Å²) in [6, 6.07) is 7.72. The van der Waals surface area contributed by atoms with Crippen LogP contribution in [0.4, 0.5) is 5.00 Å². The summed E-state index contributed by atoms with van der Waals surface area (Å²) >= 11 is 2.86. The lowest BCUT2D eigenvalue weighted by molar-refractivity contribution is -0.113. The molecule has 4 rings (SSSR count).